The van der Waals surface area contributed by atoms with E-state index in [0.29, 0.717) is 18.7 Å². The van der Waals surface area contributed by atoms with Gasteiger partial charge in [-0.2, -0.15) is 10.2 Å². The first-order chi connectivity index (χ1) is 12.2. The summed E-state index contributed by atoms with van der Waals surface area (Å²) in [6.07, 6.45) is 2.75. The molecular weight excluding hydrogens is 316 g/mol. The highest BCUT2D eigenvalue weighted by molar-refractivity contribution is 5.92. The Balaban J connectivity index is 1.67. The molecule has 6 heteroatoms. The maximum absolute atomic E-state index is 11.3. The molecule has 6 nitrogen and oxygen atoms in total. The second kappa shape index (κ2) is 6.39. The number of carbonyl (C=O) groups is 1. The molecule has 1 aliphatic rings. The van der Waals surface area contributed by atoms with Crippen molar-refractivity contribution in [3.05, 3.63) is 48.7 Å². The standard InChI is InChI=1S/C19H18N4O2/c20-16-11-22-23-17-9-12(5-7-15(16)17)14-3-1-2-4-18(14)25-13-6-8-19(24)21-10-13/h1-5,7,9,11,13H,6,8,10H2,(H2,20,23)(H,21,24). The number of para-hydroxylation sites is 1. The molecule has 0 aliphatic carbocycles. The van der Waals surface area contributed by atoms with E-state index in [9.17, 15) is 4.79 Å². The van der Waals surface area contributed by atoms with Crippen LogP contribution in [0.15, 0.2) is 48.7 Å². The number of nitrogens with one attached hydrogen (secondary N) is 1. The predicted octanol–water partition coefficient (Wildman–Crippen LogP) is 2.54. The van der Waals surface area contributed by atoms with Crippen LogP contribution in [0.25, 0.3) is 22.0 Å². The Morgan fingerprint density at radius 3 is 2.92 bits per heavy atom. The highest BCUT2D eigenvalue weighted by Gasteiger charge is 2.20. The van der Waals surface area contributed by atoms with Crippen LogP contribution in [0.1, 0.15) is 12.8 Å². The first-order valence-electron chi connectivity index (χ1n) is 8.24. The Bertz CT molecular complexity index is 932. The molecule has 0 radical (unpaired) electrons. The zero-order valence-electron chi connectivity index (χ0n) is 13.6. The van der Waals surface area contributed by atoms with E-state index < -0.39 is 0 Å². The number of amides is 1. The number of piperidine rings is 1. The maximum Gasteiger partial charge on any atom is 0.220 e. The quantitative estimate of drug-likeness (QED) is 0.768. The van der Waals surface area contributed by atoms with E-state index >= 15 is 0 Å². The van der Waals surface area contributed by atoms with Gasteiger partial charge in [-0.15, -0.1) is 0 Å². The second-order valence-electron chi connectivity index (χ2n) is 6.11. The second-order valence-corrected chi connectivity index (χ2v) is 6.11. The summed E-state index contributed by atoms with van der Waals surface area (Å²) in [6, 6.07) is 13.8. The number of nitrogen functional groups attached to an aromatic ring is 1. The number of rotatable bonds is 3. The van der Waals surface area contributed by atoms with Gasteiger partial charge in [0.15, 0.2) is 0 Å². The van der Waals surface area contributed by atoms with Gasteiger partial charge in [-0.05, 0) is 30.2 Å². The lowest BCUT2D eigenvalue weighted by Gasteiger charge is -2.24. The molecule has 3 N–H and O–H groups in total. The minimum absolute atomic E-state index is 0.0188. The van der Waals surface area contributed by atoms with E-state index in [1.165, 1.54) is 0 Å². The zero-order valence-corrected chi connectivity index (χ0v) is 13.6. The summed E-state index contributed by atoms with van der Waals surface area (Å²) < 4.78 is 6.15. The molecular formula is C19H18N4O2. The van der Waals surface area contributed by atoms with Crippen molar-refractivity contribution in [1.82, 2.24) is 15.5 Å². The Kier molecular flexibility index (Phi) is 3.93. The van der Waals surface area contributed by atoms with Gasteiger partial charge in [0.2, 0.25) is 5.91 Å². The van der Waals surface area contributed by atoms with Gasteiger partial charge >= 0.3 is 0 Å². The molecule has 4 rings (SSSR count). The summed E-state index contributed by atoms with van der Waals surface area (Å²) in [5.74, 6) is 0.874. The summed E-state index contributed by atoms with van der Waals surface area (Å²) in [7, 11) is 0. The van der Waals surface area contributed by atoms with Gasteiger partial charge in [0.05, 0.1) is 23.9 Å². The molecule has 1 unspecified atom stereocenters. The van der Waals surface area contributed by atoms with Gasteiger partial charge in [-0.1, -0.05) is 24.3 Å². The smallest absolute Gasteiger partial charge is 0.220 e. The van der Waals surface area contributed by atoms with Crippen LogP contribution in [0.3, 0.4) is 0 Å². The number of anilines is 1. The third-order valence-electron chi connectivity index (χ3n) is 4.38. The Morgan fingerprint density at radius 1 is 1.20 bits per heavy atom. The molecule has 2 aromatic carbocycles. The van der Waals surface area contributed by atoms with Crippen LogP contribution in [0.4, 0.5) is 5.69 Å². The molecule has 25 heavy (non-hydrogen) atoms. The molecule has 1 aromatic heterocycles. The molecule has 1 atom stereocenters. The number of benzene rings is 2. The zero-order chi connectivity index (χ0) is 17.2. The average molecular weight is 334 g/mol. The summed E-state index contributed by atoms with van der Waals surface area (Å²) in [6.45, 7) is 0.535. The largest absolute Gasteiger partial charge is 0.488 e. The third kappa shape index (κ3) is 3.10. The van der Waals surface area contributed by atoms with Crippen LogP contribution < -0.4 is 15.8 Å². The van der Waals surface area contributed by atoms with E-state index in [1.54, 1.807) is 6.20 Å². The molecule has 1 saturated heterocycles. The molecule has 1 fully saturated rings. The highest BCUT2D eigenvalue weighted by Crippen LogP contribution is 2.33. The monoisotopic (exact) mass is 334 g/mol. The Hall–Kier alpha value is -3.15. The summed E-state index contributed by atoms with van der Waals surface area (Å²) in [5.41, 5.74) is 9.27. The van der Waals surface area contributed by atoms with E-state index in [4.69, 9.17) is 10.5 Å². The maximum atomic E-state index is 11.3. The number of hydrogen-bond donors (Lipinski definition) is 2. The minimum atomic E-state index is -0.0188. The number of ether oxygens (including phenoxy) is 1. The molecule has 0 bridgehead atoms. The topological polar surface area (TPSA) is 90.1 Å². The molecule has 3 aromatic rings. The number of aromatic nitrogens is 2. The highest BCUT2D eigenvalue weighted by atomic mass is 16.5. The predicted molar refractivity (Wildman–Crippen MR) is 96.0 cm³/mol. The minimum Gasteiger partial charge on any atom is -0.488 e. The normalized spacial score (nSPS) is 17.3. The third-order valence-corrected chi connectivity index (χ3v) is 4.38. The number of fused-ring (bicyclic) bond motifs is 1. The van der Waals surface area contributed by atoms with Gasteiger partial charge in [-0.25, -0.2) is 0 Å². The van der Waals surface area contributed by atoms with Crippen LogP contribution >= 0.6 is 0 Å². The van der Waals surface area contributed by atoms with Crippen LogP contribution in [0, 0.1) is 0 Å². The SMILES string of the molecule is Nc1cnnc2cc(-c3ccccc3OC3CCC(=O)NC3)ccc12. The van der Waals surface area contributed by atoms with Crippen molar-refractivity contribution in [3.8, 4) is 16.9 Å². The average Bonchev–Trinajstić information content (AvgIpc) is 2.64. The van der Waals surface area contributed by atoms with Crippen LogP contribution in [0.2, 0.25) is 0 Å². The summed E-state index contributed by atoms with van der Waals surface area (Å²) >= 11 is 0. The fraction of sp³-hybridized carbons (Fsp3) is 0.211. The van der Waals surface area contributed by atoms with Crippen molar-refractivity contribution in [2.45, 2.75) is 18.9 Å². The lowest BCUT2D eigenvalue weighted by Crippen LogP contribution is -2.40. The van der Waals surface area contributed by atoms with Crippen molar-refractivity contribution in [1.29, 1.82) is 0 Å². The lowest BCUT2D eigenvalue weighted by atomic mass is 10.0. The fourth-order valence-electron chi connectivity index (χ4n) is 3.05. The van der Waals surface area contributed by atoms with Gasteiger partial charge < -0.3 is 15.8 Å². The van der Waals surface area contributed by atoms with Crippen LogP contribution in [-0.2, 0) is 4.79 Å². The molecule has 2 heterocycles. The van der Waals surface area contributed by atoms with Crippen LogP contribution in [-0.4, -0.2) is 28.8 Å². The Labute approximate surface area is 145 Å². The lowest BCUT2D eigenvalue weighted by molar-refractivity contribution is -0.123. The number of hydrogen-bond acceptors (Lipinski definition) is 5. The van der Waals surface area contributed by atoms with Crippen LogP contribution in [0.5, 0.6) is 5.75 Å². The van der Waals surface area contributed by atoms with Crippen molar-refractivity contribution >= 4 is 22.5 Å². The van der Waals surface area contributed by atoms with Gasteiger partial charge in [-0.3, -0.25) is 4.79 Å². The van der Waals surface area contributed by atoms with Crippen molar-refractivity contribution in [2.75, 3.05) is 12.3 Å². The first kappa shape index (κ1) is 15.4. The Morgan fingerprint density at radius 2 is 2.08 bits per heavy atom. The molecule has 1 aliphatic heterocycles. The van der Waals surface area contributed by atoms with Gasteiger partial charge in [0.1, 0.15) is 11.9 Å². The van der Waals surface area contributed by atoms with Gasteiger partial charge in [0.25, 0.3) is 0 Å². The van der Waals surface area contributed by atoms with E-state index in [1.807, 2.05) is 42.5 Å². The fourth-order valence-corrected chi connectivity index (χ4v) is 3.05. The van der Waals surface area contributed by atoms with E-state index in [0.717, 1.165) is 34.2 Å². The van der Waals surface area contributed by atoms with E-state index in [-0.39, 0.29) is 12.0 Å². The van der Waals surface area contributed by atoms with Gasteiger partial charge in [0, 0.05) is 17.4 Å². The summed E-state index contributed by atoms with van der Waals surface area (Å²) in [5, 5.41) is 11.8. The van der Waals surface area contributed by atoms with Crippen molar-refractivity contribution in [3.63, 3.8) is 0 Å². The number of nitrogens with two attached hydrogens (primary N) is 1. The summed E-state index contributed by atoms with van der Waals surface area (Å²) in [4.78, 5) is 11.3. The molecule has 126 valence electrons. The molecule has 0 spiro atoms. The molecule has 1 amide bonds. The molecule has 0 saturated carbocycles. The number of nitrogens with zero attached hydrogens (tertiary/aromatic N) is 2. The number of carbonyl (C=O) groups excluding carboxylic acids is 1. The van der Waals surface area contributed by atoms with E-state index in [2.05, 4.69) is 15.5 Å². The van der Waals surface area contributed by atoms with Crippen molar-refractivity contribution in [2.24, 2.45) is 0 Å². The first-order valence-corrected chi connectivity index (χ1v) is 8.24. The van der Waals surface area contributed by atoms with Crippen molar-refractivity contribution < 1.29 is 9.53 Å².